The molecule has 306 valence electrons. The van der Waals surface area contributed by atoms with Crippen molar-refractivity contribution in [3.63, 3.8) is 0 Å². The molecule has 0 radical (unpaired) electrons. The minimum absolute atomic E-state index is 0.436. The SMILES string of the molecule is C1=CC2=C(CC1)c1cc3c(cc1C21c2ccccc2-c2ccccc21)Oc1cccc(N(c2ccccc2)c2cccc4c2C(c2ccccc2)(c2ccccc2)c2ccccc2-4)c1O3. The monoisotopic (exact) mass is 831 g/mol. The summed E-state index contributed by atoms with van der Waals surface area (Å²) >= 11 is 0. The second-order valence-electron chi connectivity index (χ2n) is 17.7. The molecule has 0 saturated heterocycles. The number of anilines is 3. The first-order valence-electron chi connectivity index (χ1n) is 22.7. The van der Waals surface area contributed by atoms with Gasteiger partial charge in [0.15, 0.2) is 23.0 Å². The highest BCUT2D eigenvalue weighted by atomic mass is 16.6. The third-order valence-corrected chi connectivity index (χ3v) is 14.7. The van der Waals surface area contributed by atoms with E-state index in [1.165, 1.54) is 77.9 Å². The van der Waals surface area contributed by atoms with Crippen LogP contribution in [0.15, 0.2) is 230 Å². The van der Waals surface area contributed by atoms with Gasteiger partial charge in [-0.3, -0.25) is 0 Å². The van der Waals surface area contributed by atoms with Crippen LogP contribution in [-0.4, -0.2) is 0 Å². The van der Waals surface area contributed by atoms with Gasteiger partial charge in [-0.05, 0) is 128 Å². The second kappa shape index (κ2) is 13.7. The molecule has 0 fully saturated rings. The topological polar surface area (TPSA) is 21.7 Å². The van der Waals surface area contributed by atoms with Crippen molar-refractivity contribution in [1.29, 1.82) is 0 Å². The summed E-state index contributed by atoms with van der Waals surface area (Å²) in [4.78, 5) is 2.39. The van der Waals surface area contributed by atoms with E-state index in [0.717, 1.165) is 41.4 Å². The Kier molecular flexibility index (Phi) is 7.65. The van der Waals surface area contributed by atoms with Crippen LogP contribution >= 0.6 is 0 Å². The molecule has 5 aliphatic rings. The van der Waals surface area contributed by atoms with Crippen molar-refractivity contribution in [1.82, 2.24) is 0 Å². The molecule has 3 heteroatoms. The molecule has 0 aromatic heterocycles. The molecule has 14 rings (SSSR count). The molecular weight excluding hydrogens is 791 g/mol. The van der Waals surface area contributed by atoms with Gasteiger partial charge >= 0.3 is 0 Å². The second-order valence-corrected chi connectivity index (χ2v) is 17.7. The van der Waals surface area contributed by atoms with Crippen molar-refractivity contribution in [3.05, 3.63) is 275 Å². The Bertz CT molecular complexity index is 3410. The zero-order valence-electron chi connectivity index (χ0n) is 35.5. The van der Waals surface area contributed by atoms with Crippen molar-refractivity contribution in [2.45, 2.75) is 23.7 Å². The van der Waals surface area contributed by atoms with Crippen LogP contribution in [0.4, 0.5) is 17.1 Å². The average molecular weight is 832 g/mol. The van der Waals surface area contributed by atoms with Crippen molar-refractivity contribution in [3.8, 4) is 45.3 Å². The van der Waals surface area contributed by atoms with Crippen LogP contribution in [0.2, 0.25) is 0 Å². The molecule has 9 aromatic rings. The van der Waals surface area contributed by atoms with Gasteiger partial charge in [0.2, 0.25) is 0 Å². The zero-order chi connectivity index (χ0) is 42.7. The molecule has 9 aromatic carbocycles. The smallest absolute Gasteiger partial charge is 0.194 e. The Morgan fingerprint density at radius 3 is 1.62 bits per heavy atom. The molecule has 0 saturated carbocycles. The Labute approximate surface area is 378 Å². The Morgan fingerprint density at radius 2 is 0.938 bits per heavy atom. The largest absolute Gasteiger partial charge is 0.449 e. The summed E-state index contributed by atoms with van der Waals surface area (Å²) < 4.78 is 14.5. The fraction of sp³-hybridized carbons (Fsp3) is 0.0645. The van der Waals surface area contributed by atoms with Crippen LogP contribution in [0.5, 0.6) is 23.0 Å². The van der Waals surface area contributed by atoms with E-state index in [9.17, 15) is 0 Å². The number of nitrogens with zero attached hydrogens (tertiary/aromatic N) is 1. The Morgan fingerprint density at radius 1 is 0.400 bits per heavy atom. The van der Waals surface area contributed by atoms with Gasteiger partial charge in [0, 0.05) is 11.3 Å². The number of ether oxygens (including phenoxy) is 2. The lowest BCUT2D eigenvalue weighted by Gasteiger charge is -2.38. The number of fused-ring (bicyclic) bond motifs is 14. The van der Waals surface area contributed by atoms with Crippen molar-refractivity contribution in [2.24, 2.45) is 0 Å². The number of rotatable bonds is 5. The molecule has 3 nitrogen and oxygen atoms in total. The van der Waals surface area contributed by atoms with Crippen LogP contribution < -0.4 is 14.4 Å². The lowest BCUT2D eigenvalue weighted by Crippen LogP contribution is -2.30. The van der Waals surface area contributed by atoms with Gasteiger partial charge in [0.05, 0.1) is 22.2 Å². The third-order valence-electron chi connectivity index (χ3n) is 14.7. The molecule has 1 spiro atoms. The molecule has 4 aliphatic carbocycles. The fourth-order valence-corrected chi connectivity index (χ4v) is 12.3. The first-order valence-corrected chi connectivity index (χ1v) is 22.7. The maximum absolute atomic E-state index is 7.32. The van der Waals surface area contributed by atoms with E-state index in [0.29, 0.717) is 11.5 Å². The summed E-state index contributed by atoms with van der Waals surface area (Å²) in [5.74, 6) is 2.82. The normalized spacial score (nSPS) is 15.6. The van der Waals surface area contributed by atoms with E-state index in [1.54, 1.807) is 0 Å². The minimum Gasteiger partial charge on any atom is -0.449 e. The van der Waals surface area contributed by atoms with Crippen molar-refractivity contribution in [2.75, 3.05) is 4.90 Å². The third kappa shape index (κ3) is 4.79. The van der Waals surface area contributed by atoms with Crippen LogP contribution in [0.25, 0.3) is 27.8 Å². The summed E-state index contributed by atoms with van der Waals surface area (Å²) in [7, 11) is 0. The lowest BCUT2D eigenvalue weighted by atomic mass is 9.67. The molecule has 1 aliphatic heterocycles. The standard InChI is InChI=1S/C62H41NO2/c1-4-20-40(21-5-1)61(41-22-6-2-7-23-41)49-31-14-12-28-45(49)47-30-18-35-54(59(47)61)63(42-24-8-3-9-25-42)55-36-19-37-56-60(55)65-57-38-48-46-29-13-17-34-52(46)62(53(48)39-58(57)64-56)50-32-15-10-26-43(50)44-27-11-16-33-51(44)62/h1-12,14-28,30-39H,13,29H2. The highest BCUT2D eigenvalue weighted by Crippen LogP contribution is 2.66. The van der Waals surface area contributed by atoms with Crippen molar-refractivity contribution >= 4 is 22.6 Å². The summed E-state index contributed by atoms with van der Waals surface area (Å²) in [5.41, 5.74) is 19.8. The highest BCUT2D eigenvalue weighted by molar-refractivity contribution is 5.98. The highest BCUT2D eigenvalue weighted by Gasteiger charge is 2.53. The van der Waals surface area contributed by atoms with Gasteiger partial charge < -0.3 is 14.4 Å². The van der Waals surface area contributed by atoms with Gasteiger partial charge in [-0.25, -0.2) is 0 Å². The van der Waals surface area contributed by atoms with Gasteiger partial charge in [-0.15, -0.1) is 0 Å². The number of para-hydroxylation sites is 2. The van der Waals surface area contributed by atoms with Gasteiger partial charge in [-0.2, -0.15) is 0 Å². The van der Waals surface area contributed by atoms with Crippen LogP contribution in [0.1, 0.15) is 57.3 Å². The zero-order valence-corrected chi connectivity index (χ0v) is 35.5. The first kappa shape index (κ1) is 36.4. The first-order chi connectivity index (χ1) is 32.3. The van der Waals surface area contributed by atoms with Crippen LogP contribution in [-0.2, 0) is 10.8 Å². The maximum atomic E-state index is 7.32. The molecular formula is C62H41NO2. The van der Waals surface area contributed by atoms with Crippen LogP contribution in [0.3, 0.4) is 0 Å². The molecule has 1 heterocycles. The van der Waals surface area contributed by atoms with E-state index in [-0.39, 0.29) is 0 Å². The van der Waals surface area contributed by atoms with E-state index < -0.39 is 10.8 Å². The van der Waals surface area contributed by atoms with E-state index in [4.69, 9.17) is 9.47 Å². The predicted molar refractivity (Wildman–Crippen MR) is 262 cm³/mol. The average Bonchev–Trinajstić information content (AvgIpc) is 3.96. The fourth-order valence-electron chi connectivity index (χ4n) is 12.3. The number of allylic oxidation sites excluding steroid dienone is 4. The summed E-state index contributed by atoms with van der Waals surface area (Å²) in [5, 5.41) is 0. The minimum atomic E-state index is -0.620. The molecule has 0 bridgehead atoms. The van der Waals surface area contributed by atoms with E-state index in [1.807, 2.05) is 6.07 Å². The summed E-state index contributed by atoms with van der Waals surface area (Å²) in [6, 6.07) is 77.3. The molecule has 0 atom stereocenters. The van der Waals surface area contributed by atoms with Crippen LogP contribution in [0, 0.1) is 0 Å². The number of hydrogen-bond donors (Lipinski definition) is 0. The summed E-state index contributed by atoms with van der Waals surface area (Å²) in [6.07, 6.45) is 6.72. The molecule has 0 unspecified atom stereocenters. The summed E-state index contributed by atoms with van der Waals surface area (Å²) in [6.45, 7) is 0. The quantitative estimate of drug-likeness (QED) is 0.172. The van der Waals surface area contributed by atoms with E-state index >= 15 is 0 Å². The molecule has 0 N–H and O–H groups in total. The van der Waals surface area contributed by atoms with Crippen molar-refractivity contribution < 1.29 is 9.47 Å². The van der Waals surface area contributed by atoms with Gasteiger partial charge in [0.1, 0.15) is 0 Å². The number of benzene rings is 9. The van der Waals surface area contributed by atoms with Gasteiger partial charge in [0.25, 0.3) is 0 Å². The Hall–Kier alpha value is -8.14. The lowest BCUT2D eigenvalue weighted by molar-refractivity contribution is 0.359. The predicted octanol–water partition coefficient (Wildman–Crippen LogP) is 15.8. The van der Waals surface area contributed by atoms with E-state index in [2.05, 4.69) is 223 Å². The number of hydrogen-bond acceptors (Lipinski definition) is 3. The molecule has 0 amide bonds. The maximum Gasteiger partial charge on any atom is 0.194 e. The molecule has 65 heavy (non-hydrogen) atoms. The van der Waals surface area contributed by atoms with Gasteiger partial charge in [-0.1, -0.05) is 182 Å². The Balaban J connectivity index is 0.986.